The van der Waals surface area contributed by atoms with E-state index in [1.807, 2.05) is 4.90 Å². The highest BCUT2D eigenvalue weighted by molar-refractivity contribution is 5.78. The molecule has 142 valence electrons. The fraction of sp³-hybridized carbons (Fsp3) is 0.435. The first-order valence-electron chi connectivity index (χ1n) is 10.1. The van der Waals surface area contributed by atoms with Crippen molar-refractivity contribution in [1.82, 2.24) is 15.1 Å². The second-order valence-corrected chi connectivity index (χ2v) is 7.79. The monoisotopic (exact) mass is 363 g/mol. The fourth-order valence-electron chi connectivity index (χ4n) is 4.05. The Hall–Kier alpha value is -2.17. The van der Waals surface area contributed by atoms with Crippen molar-refractivity contribution in [2.45, 2.75) is 18.9 Å². The summed E-state index contributed by atoms with van der Waals surface area (Å²) in [5.74, 6) is 1.60. The van der Waals surface area contributed by atoms with Gasteiger partial charge >= 0.3 is 0 Å². The van der Waals surface area contributed by atoms with Crippen LogP contribution in [0.15, 0.2) is 60.7 Å². The van der Waals surface area contributed by atoms with Gasteiger partial charge in [0.25, 0.3) is 0 Å². The van der Waals surface area contributed by atoms with Gasteiger partial charge in [-0.25, -0.2) is 0 Å². The number of amides is 1. The zero-order valence-corrected chi connectivity index (χ0v) is 15.9. The lowest BCUT2D eigenvalue weighted by Gasteiger charge is -2.34. The van der Waals surface area contributed by atoms with Crippen molar-refractivity contribution in [2.24, 2.45) is 5.92 Å². The quantitative estimate of drug-likeness (QED) is 0.822. The van der Waals surface area contributed by atoms with Crippen LogP contribution in [0.5, 0.6) is 0 Å². The second kappa shape index (κ2) is 8.68. The molecule has 2 aromatic rings. The van der Waals surface area contributed by atoms with Crippen LogP contribution >= 0.6 is 0 Å². The van der Waals surface area contributed by atoms with Gasteiger partial charge in [-0.3, -0.25) is 9.69 Å². The van der Waals surface area contributed by atoms with Gasteiger partial charge < -0.3 is 10.2 Å². The van der Waals surface area contributed by atoms with Crippen LogP contribution in [-0.2, 0) is 11.3 Å². The Labute approximate surface area is 162 Å². The van der Waals surface area contributed by atoms with Crippen LogP contribution in [0, 0.1) is 5.92 Å². The van der Waals surface area contributed by atoms with E-state index in [0.29, 0.717) is 18.4 Å². The number of hydrogen-bond donors (Lipinski definition) is 1. The molecule has 2 aromatic carbocycles. The molecule has 2 aliphatic rings. The van der Waals surface area contributed by atoms with Gasteiger partial charge in [-0.15, -0.1) is 0 Å². The molecule has 1 saturated heterocycles. The second-order valence-electron chi connectivity index (χ2n) is 7.79. The first-order valence-corrected chi connectivity index (χ1v) is 10.1. The Morgan fingerprint density at radius 1 is 0.926 bits per heavy atom. The van der Waals surface area contributed by atoms with Gasteiger partial charge in [0.15, 0.2) is 0 Å². The summed E-state index contributed by atoms with van der Waals surface area (Å²) in [6.07, 6.45) is 1.24. The zero-order chi connectivity index (χ0) is 18.5. The summed E-state index contributed by atoms with van der Waals surface area (Å²) in [4.78, 5) is 16.9. The van der Waals surface area contributed by atoms with E-state index in [9.17, 15) is 4.79 Å². The van der Waals surface area contributed by atoms with Crippen molar-refractivity contribution in [3.63, 3.8) is 0 Å². The smallest absolute Gasteiger partial charge is 0.236 e. The molecule has 27 heavy (non-hydrogen) atoms. The van der Waals surface area contributed by atoms with Crippen molar-refractivity contribution in [3.05, 3.63) is 71.8 Å². The van der Waals surface area contributed by atoms with Crippen molar-refractivity contribution in [2.75, 3.05) is 39.3 Å². The van der Waals surface area contributed by atoms with E-state index in [1.165, 1.54) is 17.5 Å². The molecule has 4 rings (SSSR count). The normalized spacial score (nSPS) is 22.6. The summed E-state index contributed by atoms with van der Waals surface area (Å²) in [6, 6.07) is 21.3. The SMILES string of the molecule is O=C(CNCC1CC1c1ccccc1)N1CCN(Cc2ccccc2)CC1. The number of nitrogens with one attached hydrogen (secondary N) is 1. The largest absolute Gasteiger partial charge is 0.339 e. The molecule has 1 aliphatic carbocycles. The van der Waals surface area contributed by atoms with E-state index in [0.717, 1.165) is 39.3 Å². The van der Waals surface area contributed by atoms with Gasteiger partial charge in [0.1, 0.15) is 0 Å². The maximum atomic E-state index is 12.5. The molecule has 1 saturated carbocycles. The van der Waals surface area contributed by atoms with Crippen molar-refractivity contribution < 1.29 is 4.79 Å². The van der Waals surface area contributed by atoms with Gasteiger partial charge in [-0.1, -0.05) is 60.7 Å². The Balaban J connectivity index is 1.13. The first kappa shape index (κ1) is 18.2. The fourth-order valence-corrected chi connectivity index (χ4v) is 4.05. The average molecular weight is 364 g/mol. The third-order valence-corrected chi connectivity index (χ3v) is 5.81. The molecule has 1 heterocycles. The molecule has 0 spiro atoms. The van der Waals surface area contributed by atoms with E-state index >= 15 is 0 Å². The minimum Gasteiger partial charge on any atom is -0.339 e. The zero-order valence-electron chi connectivity index (χ0n) is 15.9. The maximum absolute atomic E-state index is 12.5. The van der Waals surface area contributed by atoms with Gasteiger partial charge in [-0.05, 0) is 35.9 Å². The lowest BCUT2D eigenvalue weighted by molar-refractivity contribution is -0.132. The molecule has 1 amide bonds. The number of hydrogen-bond acceptors (Lipinski definition) is 3. The number of piperazine rings is 1. The molecule has 0 bridgehead atoms. The summed E-state index contributed by atoms with van der Waals surface area (Å²) in [5.41, 5.74) is 2.78. The van der Waals surface area contributed by atoms with Gasteiger partial charge in [0.05, 0.1) is 6.54 Å². The topological polar surface area (TPSA) is 35.6 Å². The summed E-state index contributed by atoms with van der Waals surface area (Å²) in [7, 11) is 0. The van der Waals surface area contributed by atoms with E-state index < -0.39 is 0 Å². The summed E-state index contributed by atoms with van der Waals surface area (Å²) in [6.45, 7) is 5.98. The number of nitrogens with zero attached hydrogens (tertiary/aromatic N) is 2. The predicted molar refractivity (Wildman–Crippen MR) is 108 cm³/mol. The van der Waals surface area contributed by atoms with E-state index in [1.54, 1.807) is 0 Å². The third-order valence-electron chi connectivity index (χ3n) is 5.81. The Morgan fingerprint density at radius 2 is 1.59 bits per heavy atom. The summed E-state index contributed by atoms with van der Waals surface area (Å²) in [5, 5.41) is 3.39. The van der Waals surface area contributed by atoms with Crippen LogP contribution < -0.4 is 5.32 Å². The standard InChI is InChI=1S/C23H29N3O/c27-23(17-24-16-21-15-22(21)20-9-5-2-6-10-20)26-13-11-25(12-14-26)18-19-7-3-1-4-8-19/h1-10,21-22,24H,11-18H2. The average Bonchev–Trinajstić information content (AvgIpc) is 3.49. The number of benzene rings is 2. The van der Waals surface area contributed by atoms with E-state index in [2.05, 4.69) is 70.9 Å². The van der Waals surface area contributed by atoms with Crippen molar-refractivity contribution in [1.29, 1.82) is 0 Å². The first-order chi connectivity index (χ1) is 13.3. The van der Waals surface area contributed by atoms with Gasteiger partial charge in [0, 0.05) is 32.7 Å². The molecular weight excluding hydrogens is 334 g/mol. The van der Waals surface area contributed by atoms with E-state index in [-0.39, 0.29) is 5.91 Å². The maximum Gasteiger partial charge on any atom is 0.236 e. The molecule has 1 N–H and O–H groups in total. The third kappa shape index (κ3) is 4.96. The van der Waals surface area contributed by atoms with Crippen molar-refractivity contribution in [3.8, 4) is 0 Å². The minimum absolute atomic E-state index is 0.242. The molecular formula is C23H29N3O. The molecule has 2 atom stereocenters. The number of carbonyl (C=O) groups excluding carboxylic acids is 1. The minimum atomic E-state index is 0.242. The number of carbonyl (C=O) groups is 1. The van der Waals surface area contributed by atoms with Crippen molar-refractivity contribution >= 4 is 5.91 Å². The highest BCUT2D eigenvalue weighted by atomic mass is 16.2. The van der Waals surface area contributed by atoms with Crippen LogP contribution in [0.1, 0.15) is 23.5 Å². The van der Waals surface area contributed by atoms with Crippen LogP contribution in [0.2, 0.25) is 0 Å². The Bertz CT molecular complexity index is 726. The Kier molecular flexibility index (Phi) is 5.85. The molecule has 0 aromatic heterocycles. The van der Waals surface area contributed by atoms with Crippen LogP contribution in [0.4, 0.5) is 0 Å². The highest BCUT2D eigenvalue weighted by Gasteiger charge is 2.37. The van der Waals surface area contributed by atoms with Crippen LogP contribution in [0.3, 0.4) is 0 Å². The molecule has 4 heteroatoms. The summed E-state index contributed by atoms with van der Waals surface area (Å²) >= 11 is 0. The van der Waals surface area contributed by atoms with Crippen LogP contribution in [0.25, 0.3) is 0 Å². The lowest BCUT2D eigenvalue weighted by atomic mass is 10.1. The molecule has 1 aliphatic heterocycles. The molecule has 4 nitrogen and oxygen atoms in total. The number of rotatable bonds is 7. The molecule has 0 radical (unpaired) electrons. The molecule has 2 unspecified atom stereocenters. The van der Waals surface area contributed by atoms with Gasteiger partial charge in [-0.2, -0.15) is 0 Å². The van der Waals surface area contributed by atoms with E-state index in [4.69, 9.17) is 0 Å². The predicted octanol–water partition coefficient (Wildman–Crippen LogP) is 2.72. The van der Waals surface area contributed by atoms with Crippen LogP contribution in [-0.4, -0.2) is 55.0 Å². The molecule has 2 fully saturated rings. The highest BCUT2D eigenvalue weighted by Crippen LogP contribution is 2.46. The Morgan fingerprint density at radius 3 is 2.30 bits per heavy atom. The lowest BCUT2D eigenvalue weighted by Crippen LogP contribution is -2.50. The van der Waals surface area contributed by atoms with Gasteiger partial charge in [0.2, 0.25) is 5.91 Å². The summed E-state index contributed by atoms with van der Waals surface area (Å²) < 4.78 is 0.